The van der Waals surface area contributed by atoms with Gasteiger partial charge in [-0.05, 0) is 47.7 Å². The molecule has 0 saturated carbocycles. The van der Waals surface area contributed by atoms with Gasteiger partial charge < -0.3 is 10.5 Å². The van der Waals surface area contributed by atoms with Crippen molar-refractivity contribution in [3.8, 4) is 5.75 Å². The number of nitrogen functional groups attached to an aromatic ring is 1. The Morgan fingerprint density at radius 3 is 2.41 bits per heavy atom. The fourth-order valence-electron chi connectivity index (χ4n) is 4.09. The van der Waals surface area contributed by atoms with Gasteiger partial charge in [-0.25, -0.2) is 0 Å². The van der Waals surface area contributed by atoms with Gasteiger partial charge in [-0.3, -0.25) is 0 Å². The monoisotopic (exact) mass is 357 g/mol. The second-order valence-electron chi connectivity index (χ2n) is 7.93. The zero-order chi connectivity index (χ0) is 19.0. The van der Waals surface area contributed by atoms with E-state index >= 15 is 0 Å². The first-order chi connectivity index (χ1) is 13.0. The van der Waals surface area contributed by atoms with Crippen molar-refractivity contribution in [2.45, 2.75) is 38.5 Å². The molecule has 138 valence electrons. The minimum atomic E-state index is 0.261. The highest BCUT2D eigenvalue weighted by molar-refractivity contribution is 5.51. The zero-order valence-electron chi connectivity index (χ0n) is 16.3. The number of hydrogen-bond acceptors (Lipinski definition) is 2. The smallest absolute Gasteiger partial charge is 0.123 e. The predicted molar refractivity (Wildman–Crippen MR) is 113 cm³/mol. The van der Waals surface area contributed by atoms with Crippen molar-refractivity contribution in [1.29, 1.82) is 0 Å². The van der Waals surface area contributed by atoms with Gasteiger partial charge in [0.1, 0.15) is 5.75 Å². The third kappa shape index (κ3) is 3.44. The molecule has 0 radical (unpaired) electrons. The maximum atomic E-state index is 6.27. The number of aryl methyl sites for hydroxylation is 1. The molecular formula is C25H27NO. The van der Waals surface area contributed by atoms with Crippen LogP contribution in [0.3, 0.4) is 0 Å². The van der Waals surface area contributed by atoms with Crippen molar-refractivity contribution in [3.05, 3.63) is 94.5 Å². The average molecular weight is 357 g/mol. The van der Waals surface area contributed by atoms with E-state index < -0.39 is 0 Å². The highest BCUT2D eigenvalue weighted by atomic mass is 16.5. The van der Waals surface area contributed by atoms with E-state index in [1.165, 1.54) is 27.8 Å². The van der Waals surface area contributed by atoms with Gasteiger partial charge in [0.25, 0.3) is 0 Å². The molecule has 0 aliphatic carbocycles. The largest absolute Gasteiger partial charge is 0.493 e. The predicted octanol–water partition coefficient (Wildman–Crippen LogP) is 6.01. The molecule has 27 heavy (non-hydrogen) atoms. The minimum Gasteiger partial charge on any atom is -0.493 e. The second kappa shape index (κ2) is 7.11. The van der Waals surface area contributed by atoms with Crippen molar-refractivity contribution >= 4 is 5.69 Å². The van der Waals surface area contributed by atoms with E-state index in [0.717, 1.165) is 11.4 Å². The Labute approximate surface area is 162 Å². The number of nitrogens with two attached hydrogens (primary N) is 1. The molecule has 1 aliphatic heterocycles. The standard InChI is InChI=1S/C25H27NO/c1-16(2)19-9-12-22-24(14-19)27-15-23(20-6-4-5-17(3)13-20)25(22)18-7-10-21(26)11-8-18/h4-14,16,23,25H,15,26H2,1-3H3. The van der Waals surface area contributed by atoms with Gasteiger partial charge in [0.05, 0.1) is 6.61 Å². The van der Waals surface area contributed by atoms with E-state index in [-0.39, 0.29) is 11.8 Å². The molecule has 3 aromatic rings. The summed E-state index contributed by atoms with van der Waals surface area (Å²) in [4.78, 5) is 0. The van der Waals surface area contributed by atoms with Crippen molar-refractivity contribution in [2.24, 2.45) is 0 Å². The van der Waals surface area contributed by atoms with E-state index in [0.29, 0.717) is 12.5 Å². The van der Waals surface area contributed by atoms with E-state index in [9.17, 15) is 0 Å². The Balaban J connectivity index is 1.84. The molecule has 0 aromatic heterocycles. The Morgan fingerprint density at radius 1 is 0.926 bits per heavy atom. The summed E-state index contributed by atoms with van der Waals surface area (Å²) < 4.78 is 6.27. The molecule has 2 unspecified atom stereocenters. The number of anilines is 1. The SMILES string of the molecule is Cc1cccc(C2COc3cc(C(C)C)ccc3C2c2ccc(N)cc2)c1. The van der Waals surface area contributed by atoms with Crippen LogP contribution in [0, 0.1) is 6.92 Å². The summed E-state index contributed by atoms with van der Waals surface area (Å²) in [5.41, 5.74) is 13.2. The molecule has 1 aliphatic rings. The lowest BCUT2D eigenvalue weighted by Gasteiger charge is -2.35. The van der Waals surface area contributed by atoms with Crippen LogP contribution in [0.25, 0.3) is 0 Å². The first-order valence-electron chi connectivity index (χ1n) is 9.71. The summed E-state index contributed by atoms with van der Waals surface area (Å²) >= 11 is 0. The molecule has 4 rings (SSSR count). The molecule has 0 fully saturated rings. The summed E-state index contributed by atoms with van der Waals surface area (Å²) in [6.07, 6.45) is 0. The third-order valence-corrected chi connectivity index (χ3v) is 5.63. The second-order valence-corrected chi connectivity index (χ2v) is 7.93. The molecule has 0 spiro atoms. The number of hydrogen-bond donors (Lipinski definition) is 1. The Hall–Kier alpha value is -2.74. The number of rotatable bonds is 3. The van der Waals surface area contributed by atoms with Crippen LogP contribution < -0.4 is 10.5 Å². The fourth-order valence-corrected chi connectivity index (χ4v) is 4.09. The maximum absolute atomic E-state index is 6.27. The normalized spacial score (nSPS) is 18.8. The number of ether oxygens (including phenoxy) is 1. The lowest BCUT2D eigenvalue weighted by atomic mass is 9.75. The molecule has 0 amide bonds. The van der Waals surface area contributed by atoms with Crippen LogP contribution in [0.2, 0.25) is 0 Å². The van der Waals surface area contributed by atoms with Crippen LogP contribution in [0.15, 0.2) is 66.7 Å². The van der Waals surface area contributed by atoms with Gasteiger partial charge in [0, 0.05) is 23.1 Å². The maximum Gasteiger partial charge on any atom is 0.123 e. The van der Waals surface area contributed by atoms with E-state index in [2.05, 4.69) is 75.4 Å². The van der Waals surface area contributed by atoms with Gasteiger partial charge >= 0.3 is 0 Å². The lowest BCUT2D eigenvalue weighted by molar-refractivity contribution is 0.248. The summed E-state index contributed by atoms with van der Waals surface area (Å²) in [5.74, 6) is 2.05. The van der Waals surface area contributed by atoms with Crippen LogP contribution >= 0.6 is 0 Å². The first kappa shape index (κ1) is 17.7. The molecule has 2 nitrogen and oxygen atoms in total. The topological polar surface area (TPSA) is 35.2 Å². The van der Waals surface area contributed by atoms with Crippen LogP contribution in [0.4, 0.5) is 5.69 Å². The molecule has 2 N–H and O–H groups in total. The highest BCUT2D eigenvalue weighted by Crippen LogP contribution is 2.46. The van der Waals surface area contributed by atoms with Crippen LogP contribution in [-0.4, -0.2) is 6.61 Å². The summed E-state index contributed by atoms with van der Waals surface area (Å²) in [7, 11) is 0. The third-order valence-electron chi connectivity index (χ3n) is 5.63. The summed E-state index contributed by atoms with van der Waals surface area (Å²) in [5, 5.41) is 0. The van der Waals surface area contributed by atoms with Gasteiger partial charge in [-0.15, -0.1) is 0 Å². The molecule has 1 heterocycles. The fraction of sp³-hybridized carbons (Fsp3) is 0.280. The van der Waals surface area contributed by atoms with E-state index in [4.69, 9.17) is 10.5 Å². The highest BCUT2D eigenvalue weighted by Gasteiger charge is 2.33. The molecule has 2 atom stereocenters. The van der Waals surface area contributed by atoms with Gasteiger partial charge in [-0.1, -0.05) is 67.9 Å². The molecule has 0 bridgehead atoms. The number of benzene rings is 3. The molecular weight excluding hydrogens is 330 g/mol. The Kier molecular flexibility index (Phi) is 4.65. The van der Waals surface area contributed by atoms with Crippen LogP contribution in [-0.2, 0) is 0 Å². The van der Waals surface area contributed by atoms with E-state index in [1.807, 2.05) is 12.1 Å². The van der Waals surface area contributed by atoms with Crippen LogP contribution in [0.5, 0.6) is 5.75 Å². The summed E-state index contributed by atoms with van der Waals surface area (Å²) in [6.45, 7) is 7.27. The number of fused-ring (bicyclic) bond motifs is 1. The first-order valence-corrected chi connectivity index (χ1v) is 9.71. The van der Waals surface area contributed by atoms with Crippen molar-refractivity contribution < 1.29 is 4.74 Å². The van der Waals surface area contributed by atoms with Crippen LogP contribution in [0.1, 0.15) is 59.4 Å². The minimum absolute atomic E-state index is 0.261. The molecule has 0 saturated heterocycles. The van der Waals surface area contributed by atoms with Crippen molar-refractivity contribution in [1.82, 2.24) is 0 Å². The summed E-state index contributed by atoms with van der Waals surface area (Å²) in [6, 6.07) is 23.8. The van der Waals surface area contributed by atoms with Crippen molar-refractivity contribution in [3.63, 3.8) is 0 Å². The van der Waals surface area contributed by atoms with Crippen molar-refractivity contribution in [2.75, 3.05) is 12.3 Å². The molecule has 2 heteroatoms. The zero-order valence-corrected chi connectivity index (χ0v) is 16.3. The van der Waals surface area contributed by atoms with E-state index in [1.54, 1.807) is 0 Å². The Morgan fingerprint density at radius 2 is 1.70 bits per heavy atom. The van der Waals surface area contributed by atoms with Gasteiger partial charge in [0.15, 0.2) is 0 Å². The molecule has 3 aromatic carbocycles. The average Bonchev–Trinajstić information content (AvgIpc) is 2.67. The van der Waals surface area contributed by atoms with Gasteiger partial charge in [-0.2, -0.15) is 0 Å². The van der Waals surface area contributed by atoms with Gasteiger partial charge in [0.2, 0.25) is 0 Å². The Bertz CT molecular complexity index is 943. The quantitative estimate of drug-likeness (QED) is 0.583. The lowest BCUT2D eigenvalue weighted by Crippen LogP contribution is -2.25.